The minimum absolute atomic E-state index is 0. The quantitative estimate of drug-likeness (QED) is 0.118. The molecule has 5 heteroatoms. The van der Waals surface area contributed by atoms with Crippen molar-refractivity contribution in [1.82, 2.24) is 9.97 Å². The SMILES string of the molecule is CC(C)(C)Cc1cc(-c2[c-]cccc2)ncc1[Si](C)(C)C.CC(C)c1ccnc(-c2[c-]ccc3c2oc2ccc(-c4cccc(-c5ccccc5)c4)cc23)c1.[Ir]. The molecule has 0 saturated heterocycles. The van der Waals surface area contributed by atoms with Crippen molar-refractivity contribution in [3.05, 3.63) is 163 Å². The predicted molar refractivity (Wildman–Crippen MR) is 235 cm³/mol. The van der Waals surface area contributed by atoms with Gasteiger partial charge in [0, 0.05) is 37.9 Å². The first-order chi connectivity index (χ1) is 26.3. The van der Waals surface area contributed by atoms with E-state index in [-0.39, 0.29) is 25.5 Å². The molecule has 0 amide bonds. The summed E-state index contributed by atoms with van der Waals surface area (Å²) >= 11 is 0. The van der Waals surface area contributed by atoms with E-state index in [9.17, 15) is 0 Å². The number of aromatic nitrogens is 2. The molecule has 0 unspecified atom stereocenters. The summed E-state index contributed by atoms with van der Waals surface area (Å²) < 4.78 is 6.35. The second-order valence-corrected chi connectivity index (χ2v) is 22.0. The van der Waals surface area contributed by atoms with Crippen molar-refractivity contribution < 1.29 is 24.5 Å². The molecule has 0 aliphatic heterocycles. The molecule has 0 N–H and O–H groups in total. The molecule has 3 aromatic heterocycles. The Morgan fingerprint density at radius 1 is 0.661 bits per heavy atom. The van der Waals surface area contributed by atoms with Crippen LogP contribution >= 0.6 is 0 Å². The fourth-order valence-corrected chi connectivity index (χ4v) is 8.73. The summed E-state index contributed by atoms with van der Waals surface area (Å²) in [5.41, 5.74) is 13.4. The molecule has 5 aromatic carbocycles. The largest absolute Gasteiger partial charge is 0.501 e. The first kappa shape index (κ1) is 40.7. The molecule has 0 aliphatic carbocycles. The summed E-state index contributed by atoms with van der Waals surface area (Å²) in [6.45, 7) is 18.5. The third-order valence-corrected chi connectivity index (χ3v) is 12.0. The van der Waals surface area contributed by atoms with E-state index in [4.69, 9.17) is 9.40 Å². The molecule has 8 aromatic rings. The molecular weight excluding hydrogens is 877 g/mol. The van der Waals surface area contributed by atoms with Crippen LogP contribution < -0.4 is 5.19 Å². The maximum absolute atomic E-state index is 6.35. The Morgan fingerprint density at radius 3 is 2.07 bits per heavy atom. The van der Waals surface area contributed by atoms with Gasteiger partial charge in [0.25, 0.3) is 0 Å². The molecule has 1 radical (unpaired) electrons. The first-order valence-electron chi connectivity index (χ1n) is 19.3. The van der Waals surface area contributed by atoms with Gasteiger partial charge in [0.2, 0.25) is 0 Å². The molecule has 0 aliphatic rings. The second-order valence-electron chi connectivity index (χ2n) is 17.0. The average molecular weight is 927 g/mol. The monoisotopic (exact) mass is 927 g/mol. The maximum Gasteiger partial charge on any atom is 0.120 e. The molecule has 56 heavy (non-hydrogen) atoms. The molecule has 3 heterocycles. The van der Waals surface area contributed by atoms with Crippen LogP contribution in [0.4, 0.5) is 0 Å². The maximum atomic E-state index is 6.35. The van der Waals surface area contributed by atoms with Crippen molar-refractivity contribution in [2.75, 3.05) is 0 Å². The van der Waals surface area contributed by atoms with Crippen molar-refractivity contribution in [1.29, 1.82) is 0 Å². The first-order valence-corrected chi connectivity index (χ1v) is 22.8. The number of rotatable bonds is 7. The Morgan fingerprint density at radius 2 is 1.38 bits per heavy atom. The summed E-state index contributed by atoms with van der Waals surface area (Å²) in [7, 11) is -1.37. The molecule has 0 atom stereocenters. The van der Waals surface area contributed by atoms with Crippen molar-refractivity contribution >= 4 is 35.2 Å². The van der Waals surface area contributed by atoms with Gasteiger partial charge in [0.1, 0.15) is 5.58 Å². The Labute approximate surface area is 347 Å². The van der Waals surface area contributed by atoms with E-state index in [0.29, 0.717) is 5.92 Å². The van der Waals surface area contributed by atoms with Gasteiger partial charge in [-0.05, 0) is 80.8 Å². The molecule has 3 nitrogen and oxygen atoms in total. The van der Waals surface area contributed by atoms with Crippen LogP contribution in [0.3, 0.4) is 0 Å². The molecule has 8 rings (SSSR count). The number of pyridine rings is 2. The predicted octanol–water partition coefficient (Wildman–Crippen LogP) is 13.6. The zero-order chi connectivity index (χ0) is 38.7. The molecule has 285 valence electrons. The van der Waals surface area contributed by atoms with Crippen molar-refractivity contribution in [3.63, 3.8) is 0 Å². The Bertz CT molecular complexity index is 2560. The van der Waals surface area contributed by atoms with Crippen LogP contribution in [0.2, 0.25) is 19.6 Å². The average Bonchev–Trinajstić information content (AvgIpc) is 3.56. The van der Waals surface area contributed by atoms with E-state index in [0.717, 1.165) is 50.9 Å². The minimum Gasteiger partial charge on any atom is -0.501 e. The van der Waals surface area contributed by atoms with E-state index in [1.54, 1.807) is 0 Å². The number of benzene rings is 5. The summed E-state index contributed by atoms with van der Waals surface area (Å²) in [6.07, 6.45) is 5.08. The normalized spacial score (nSPS) is 11.7. The molecule has 0 saturated carbocycles. The van der Waals surface area contributed by atoms with Crippen LogP contribution in [-0.2, 0) is 26.5 Å². The molecular formula is C51H50IrN2OSi-2. The molecule has 0 fully saturated rings. The fraction of sp³-hybridized carbons (Fsp3) is 0.216. The van der Waals surface area contributed by atoms with Gasteiger partial charge in [0.15, 0.2) is 0 Å². The summed E-state index contributed by atoms with van der Waals surface area (Å²) in [6, 6.07) is 50.9. The van der Waals surface area contributed by atoms with Gasteiger partial charge in [-0.3, -0.25) is 0 Å². The standard InChI is InChI=1S/C32H24NO.C19H26NSi.Ir/c1-21(2)23-16-17-33-30(20-23)28-13-7-12-27-29-19-26(14-15-31(29)34-32(27)28)25-11-6-10-24(18-25)22-8-4-3-5-9-22;1-19(2,3)13-16-12-17(15-10-8-7-9-11-15)20-14-18(16)21(4,5)6;/h3-12,14-21H,1-2H3;7-10,12,14H,13H2,1-6H3;/q2*-1;. The van der Waals surface area contributed by atoms with E-state index >= 15 is 0 Å². The summed E-state index contributed by atoms with van der Waals surface area (Å²) in [4.78, 5) is 9.33. The number of furan rings is 1. The summed E-state index contributed by atoms with van der Waals surface area (Å²) in [5.74, 6) is 0.436. The van der Waals surface area contributed by atoms with Gasteiger partial charge in [-0.1, -0.05) is 143 Å². The van der Waals surface area contributed by atoms with Gasteiger partial charge in [-0.25, -0.2) is 0 Å². The molecule has 0 bridgehead atoms. The zero-order valence-corrected chi connectivity index (χ0v) is 37.1. The number of nitrogens with zero attached hydrogens (tertiary/aromatic N) is 2. The van der Waals surface area contributed by atoms with Crippen molar-refractivity contribution in [2.45, 2.75) is 66.6 Å². The zero-order valence-electron chi connectivity index (χ0n) is 33.7. The van der Waals surface area contributed by atoms with Gasteiger partial charge in [0.05, 0.1) is 13.7 Å². The number of fused-ring (bicyclic) bond motifs is 3. The van der Waals surface area contributed by atoms with Crippen molar-refractivity contribution in [2.24, 2.45) is 5.41 Å². The van der Waals surface area contributed by atoms with Crippen LogP contribution in [0.25, 0.3) is 66.7 Å². The number of hydrogen-bond acceptors (Lipinski definition) is 3. The minimum atomic E-state index is -1.37. The van der Waals surface area contributed by atoms with Crippen LogP contribution in [0.5, 0.6) is 0 Å². The topological polar surface area (TPSA) is 38.9 Å². The number of hydrogen-bond donors (Lipinski definition) is 0. The van der Waals surface area contributed by atoms with E-state index in [2.05, 4.69) is 175 Å². The van der Waals surface area contributed by atoms with E-state index in [1.165, 1.54) is 38.6 Å². The van der Waals surface area contributed by atoms with Gasteiger partial charge in [-0.2, -0.15) is 0 Å². The Kier molecular flexibility index (Phi) is 12.4. The molecule has 0 spiro atoms. The third-order valence-electron chi connectivity index (χ3n) is 9.94. The smallest absolute Gasteiger partial charge is 0.120 e. The van der Waals surface area contributed by atoms with Crippen molar-refractivity contribution in [3.8, 4) is 44.8 Å². The fourth-order valence-electron chi connectivity index (χ4n) is 7.15. The van der Waals surface area contributed by atoms with Crippen LogP contribution in [0, 0.1) is 17.5 Å². The van der Waals surface area contributed by atoms with Crippen LogP contribution in [0.15, 0.2) is 144 Å². The van der Waals surface area contributed by atoms with Gasteiger partial charge in [-0.15, -0.1) is 54.1 Å². The Balaban J connectivity index is 0.000000209. The van der Waals surface area contributed by atoms with Crippen LogP contribution in [0.1, 0.15) is 51.7 Å². The second kappa shape index (κ2) is 17.1. The van der Waals surface area contributed by atoms with Crippen LogP contribution in [-0.4, -0.2) is 18.0 Å². The summed E-state index contributed by atoms with van der Waals surface area (Å²) in [5, 5.41) is 3.67. The Hall–Kier alpha value is -4.93. The third kappa shape index (κ3) is 9.36. The van der Waals surface area contributed by atoms with Gasteiger partial charge < -0.3 is 14.4 Å². The van der Waals surface area contributed by atoms with E-state index < -0.39 is 8.07 Å². The van der Waals surface area contributed by atoms with E-state index in [1.807, 2.05) is 36.5 Å². The van der Waals surface area contributed by atoms with Gasteiger partial charge >= 0.3 is 0 Å².